The van der Waals surface area contributed by atoms with Gasteiger partial charge in [0.1, 0.15) is 0 Å². The lowest BCUT2D eigenvalue weighted by Crippen LogP contribution is -2.37. The Morgan fingerprint density at radius 3 is 2.89 bits per heavy atom. The molecule has 1 aliphatic heterocycles. The predicted molar refractivity (Wildman–Crippen MR) is 74.1 cm³/mol. The lowest BCUT2D eigenvalue weighted by atomic mass is 9.99. The van der Waals surface area contributed by atoms with Crippen LogP contribution in [0, 0.1) is 5.92 Å². The van der Waals surface area contributed by atoms with E-state index < -0.39 is 0 Å². The molecular weight excluding hydrogens is 242 g/mol. The molecule has 19 heavy (non-hydrogen) atoms. The van der Waals surface area contributed by atoms with Gasteiger partial charge in [0.15, 0.2) is 0 Å². The minimum atomic E-state index is -0.157. The van der Waals surface area contributed by atoms with Crippen molar-refractivity contribution < 1.29 is 9.59 Å². The summed E-state index contributed by atoms with van der Waals surface area (Å²) >= 11 is 0. The summed E-state index contributed by atoms with van der Waals surface area (Å²) in [7, 11) is 1.58. The van der Waals surface area contributed by atoms with Gasteiger partial charge >= 0.3 is 0 Å². The SMILES string of the molecule is CNC(=O)c1cccc(NC(=O)[C@H]2CCCNC2)c1. The molecule has 0 bridgehead atoms. The minimum Gasteiger partial charge on any atom is -0.355 e. The largest absolute Gasteiger partial charge is 0.355 e. The Bertz CT molecular complexity index is 468. The number of hydrogen-bond acceptors (Lipinski definition) is 3. The Morgan fingerprint density at radius 2 is 2.21 bits per heavy atom. The van der Waals surface area contributed by atoms with Gasteiger partial charge in [-0.2, -0.15) is 0 Å². The molecule has 1 aliphatic rings. The Kier molecular flexibility index (Phi) is 4.52. The van der Waals surface area contributed by atoms with Crippen LogP contribution in [0.2, 0.25) is 0 Å². The van der Waals surface area contributed by atoms with Crippen LogP contribution in [0.5, 0.6) is 0 Å². The van der Waals surface area contributed by atoms with Crippen LogP contribution in [-0.4, -0.2) is 32.0 Å². The molecule has 0 spiro atoms. The van der Waals surface area contributed by atoms with Gasteiger partial charge in [-0.1, -0.05) is 6.07 Å². The van der Waals surface area contributed by atoms with Gasteiger partial charge < -0.3 is 16.0 Å². The molecule has 1 saturated heterocycles. The molecule has 2 amide bonds. The van der Waals surface area contributed by atoms with Crippen molar-refractivity contribution in [2.45, 2.75) is 12.8 Å². The van der Waals surface area contributed by atoms with Gasteiger partial charge in [-0.3, -0.25) is 9.59 Å². The first-order valence-corrected chi connectivity index (χ1v) is 6.54. The highest BCUT2D eigenvalue weighted by molar-refractivity contribution is 5.97. The summed E-state index contributed by atoms with van der Waals surface area (Å²) < 4.78 is 0. The van der Waals surface area contributed by atoms with Crippen LogP contribution in [0.25, 0.3) is 0 Å². The fraction of sp³-hybridized carbons (Fsp3) is 0.429. The molecule has 2 rings (SSSR count). The predicted octanol–water partition coefficient (Wildman–Crippen LogP) is 0.984. The van der Waals surface area contributed by atoms with E-state index in [0.29, 0.717) is 11.3 Å². The molecule has 0 radical (unpaired) electrons. The lowest BCUT2D eigenvalue weighted by Gasteiger charge is -2.21. The number of amides is 2. The molecule has 0 unspecified atom stereocenters. The third kappa shape index (κ3) is 3.54. The van der Waals surface area contributed by atoms with Crippen molar-refractivity contribution in [1.29, 1.82) is 0 Å². The molecule has 0 saturated carbocycles. The number of hydrogen-bond donors (Lipinski definition) is 3. The standard InChI is InChI=1S/C14H19N3O2/c1-15-13(18)10-4-2-6-12(8-10)17-14(19)11-5-3-7-16-9-11/h2,4,6,8,11,16H,3,5,7,9H2,1H3,(H,15,18)(H,17,19)/t11-/m0/s1. The van der Waals surface area contributed by atoms with E-state index in [1.54, 1.807) is 31.3 Å². The van der Waals surface area contributed by atoms with Crippen molar-refractivity contribution in [3.63, 3.8) is 0 Å². The van der Waals surface area contributed by atoms with E-state index in [4.69, 9.17) is 0 Å². The molecule has 1 atom stereocenters. The van der Waals surface area contributed by atoms with Crippen LogP contribution in [0.3, 0.4) is 0 Å². The zero-order valence-electron chi connectivity index (χ0n) is 11.0. The second-order valence-electron chi connectivity index (χ2n) is 4.69. The van der Waals surface area contributed by atoms with Crippen LogP contribution in [0.4, 0.5) is 5.69 Å². The van der Waals surface area contributed by atoms with E-state index in [1.165, 1.54) is 0 Å². The van der Waals surface area contributed by atoms with Gasteiger partial charge in [-0.25, -0.2) is 0 Å². The summed E-state index contributed by atoms with van der Waals surface area (Å²) in [5, 5.41) is 8.65. The van der Waals surface area contributed by atoms with Gasteiger partial charge in [-0.15, -0.1) is 0 Å². The topological polar surface area (TPSA) is 70.2 Å². The quantitative estimate of drug-likeness (QED) is 0.759. The number of carbonyl (C=O) groups excluding carboxylic acids is 2. The molecule has 5 heteroatoms. The van der Waals surface area contributed by atoms with Gasteiger partial charge in [-0.05, 0) is 37.6 Å². The van der Waals surface area contributed by atoms with Crippen molar-refractivity contribution in [1.82, 2.24) is 10.6 Å². The minimum absolute atomic E-state index is 0.0115. The first kappa shape index (κ1) is 13.5. The Hall–Kier alpha value is -1.88. The average molecular weight is 261 g/mol. The van der Waals surface area contributed by atoms with Crippen molar-refractivity contribution in [2.75, 3.05) is 25.5 Å². The zero-order chi connectivity index (χ0) is 13.7. The fourth-order valence-corrected chi connectivity index (χ4v) is 2.20. The number of anilines is 1. The molecule has 1 heterocycles. The molecule has 0 aliphatic carbocycles. The Balaban J connectivity index is 2.02. The van der Waals surface area contributed by atoms with E-state index in [-0.39, 0.29) is 17.7 Å². The van der Waals surface area contributed by atoms with Crippen LogP contribution in [0.1, 0.15) is 23.2 Å². The van der Waals surface area contributed by atoms with E-state index in [1.807, 2.05) is 0 Å². The van der Waals surface area contributed by atoms with Crippen molar-refractivity contribution in [3.05, 3.63) is 29.8 Å². The number of piperidine rings is 1. The van der Waals surface area contributed by atoms with Crippen LogP contribution < -0.4 is 16.0 Å². The van der Waals surface area contributed by atoms with E-state index in [0.717, 1.165) is 25.9 Å². The van der Waals surface area contributed by atoms with Crippen LogP contribution >= 0.6 is 0 Å². The van der Waals surface area contributed by atoms with Gasteiger partial charge in [0.2, 0.25) is 5.91 Å². The molecule has 3 N–H and O–H groups in total. The van der Waals surface area contributed by atoms with E-state index >= 15 is 0 Å². The lowest BCUT2D eigenvalue weighted by molar-refractivity contribution is -0.120. The number of nitrogens with one attached hydrogen (secondary N) is 3. The fourth-order valence-electron chi connectivity index (χ4n) is 2.20. The van der Waals surface area contributed by atoms with E-state index in [9.17, 15) is 9.59 Å². The van der Waals surface area contributed by atoms with Crippen LogP contribution in [-0.2, 0) is 4.79 Å². The summed E-state index contributed by atoms with van der Waals surface area (Å²) in [4.78, 5) is 23.6. The second-order valence-corrected chi connectivity index (χ2v) is 4.69. The number of carbonyl (C=O) groups is 2. The molecule has 0 aromatic heterocycles. The summed E-state index contributed by atoms with van der Waals surface area (Å²) in [5.41, 5.74) is 1.21. The van der Waals surface area contributed by atoms with Gasteiger partial charge in [0.05, 0.1) is 5.92 Å². The first-order valence-electron chi connectivity index (χ1n) is 6.54. The molecule has 1 fully saturated rings. The van der Waals surface area contributed by atoms with Crippen molar-refractivity contribution in [2.24, 2.45) is 5.92 Å². The summed E-state index contributed by atoms with van der Waals surface area (Å²) in [5.74, 6) is -0.130. The van der Waals surface area contributed by atoms with Gasteiger partial charge in [0.25, 0.3) is 5.91 Å². The van der Waals surface area contributed by atoms with E-state index in [2.05, 4.69) is 16.0 Å². The summed E-state index contributed by atoms with van der Waals surface area (Å²) in [6.07, 6.45) is 1.93. The molecule has 1 aromatic rings. The third-order valence-corrected chi connectivity index (χ3v) is 3.29. The maximum atomic E-state index is 12.1. The normalized spacial score (nSPS) is 18.7. The average Bonchev–Trinajstić information content (AvgIpc) is 2.47. The summed E-state index contributed by atoms with van der Waals surface area (Å²) in [6.45, 7) is 1.71. The Labute approximate surface area is 112 Å². The smallest absolute Gasteiger partial charge is 0.251 e. The van der Waals surface area contributed by atoms with Crippen molar-refractivity contribution >= 4 is 17.5 Å². The third-order valence-electron chi connectivity index (χ3n) is 3.29. The molecule has 5 nitrogen and oxygen atoms in total. The molecule has 102 valence electrons. The van der Waals surface area contributed by atoms with Crippen LogP contribution in [0.15, 0.2) is 24.3 Å². The molecule has 1 aromatic carbocycles. The molecular formula is C14H19N3O2. The maximum absolute atomic E-state index is 12.1. The highest BCUT2D eigenvalue weighted by Crippen LogP contribution is 2.15. The monoisotopic (exact) mass is 261 g/mol. The van der Waals surface area contributed by atoms with Gasteiger partial charge in [0, 0.05) is 24.8 Å². The number of rotatable bonds is 3. The maximum Gasteiger partial charge on any atom is 0.251 e. The first-order chi connectivity index (χ1) is 9.20. The highest BCUT2D eigenvalue weighted by Gasteiger charge is 2.20. The summed E-state index contributed by atoms with van der Waals surface area (Å²) in [6, 6.07) is 6.96. The van der Waals surface area contributed by atoms with Crippen molar-refractivity contribution in [3.8, 4) is 0 Å². The second kappa shape index (κ2) is 6.33. The Morgan fingerprint density at radius 1 is 1.37 bits per heavy atom. The highest BCUT2D eigenvalue weighted by atomic mass is 16.2. The zero-order valence-corrected chi connectivity index (χ0v) is 11.0. The number of benzene rings is 1.